The third-order valence-electron chi connectivity index (χ3n) is 4.44. The summed E-state index contributed by atoms with van der Waals surface area (Å²) in [5.74, 6) is 1.09. The second-order valence-corrected chi connectivity index (χ2v) is 6.13. The molecule has 0 amide bonds. The molecule has 1 aromatic carbocycles. The zero-order chi connectivity index (χ0) is 14.5. The van der Waals surface area contributed by atoms with E-state index in [0.717, 1.165) is 24.7 Å². The lowest BCUT2D eigenvalue weighted by Crippen LogP contribution is -2.19. The summed E-state index contributed by atoms with van der Waals surface area (Å²) in [6.07, 6.45) is 5.91. The van der Waals surface area contributed by atoms with Gasteiger partial charge in [-0.3, -0.25) is 0 Å². The van der Waals surface area contributed by atoms with E-state index in [4.69, 9.17) is 5.26 Å². The van der Waals surface area contributed by atoms with Crippen LogP contribution in [0.4, 0.5) is 10.1 Å². The van der Waals surface area contributed by atoms with Crippen LogP contribution < -0.4 is 5.32 Å². The van der Waals surface area contributed by atoms with Crippen LogP contribution in [0.5, 0.6) is 0 Å². The van der Waals surface area contributed by atoms with Crippen molar-refractivity contribution < 1.29 is 4.39 Å². The van der Waals surface area contributed by atoms with Crippen molar-refractivity contribution in [1.29, 1.82) is 5.26 Å². The van der Waals surface area contributed by atoms with Gasteiger partial charge in [-0.05, 0) is 43.2 Å². The molecule has 1 aromatic rings. The Hall–Kier alpha value is -1.56. The van der Waals surface area contributed by atoms with Crippen molar-refractivity contribution in [2.45, 2.75) is 52.0 Å². The third-order valence-corrected chi connectivity index (χ3v) is 4.44. The fraction of sp³-hybridized carbons (Fsp3) is 0.588. The average molecular weight is 274 g/mol. The van der Waals surface area contributed by atoms with E-state index in [1.165, 1.54) is 25.3 Å². The Morgan fingerprint density at radius 1 is 1.25 bits per heavy atom. The zero-order valence-electron chi connectivity index (χ0n) is 12.3. The summed E-state index contributed by atoms with van der Waals surface area (Å²) in [6.45, 7) is 4.58. The molecule has 1 fully saturated rings. The Balaban J connectivity index is 2.04. The van der Waals surface area contributed by atoms with Gasteiger partial charge in [-0.15, -0.1) is 0 Å². The monoisotopic (exact) mass is 274 g/mol. The molecule has 2 unspecified atom stereocenters. The first-order chi connectivity index (χ1) is 9.61. The largest absolute Gasteiger partial charge is 0.381 e. The van der Waals surface area contributed by atoms with Gasteiger partial charge in [-0.2, -0.15) is 5.26 Å². The minimum Gasteiger partial charge on any atom is -0.381 e. The first kappa shape index (κ1) is 14.8. The van der Waals surface area contributed by atoms with E-state index in [-0.39, 0.29) is 5.56 Å². The van der Waals surface area contributed by atoms with Crippen LogP contribution in [-0.2, 0) is 0 Å². The molecule has 3 heteroatoms. The SMILES string of the molecule is CC(C)C1CCCC(Nc2cccc(F)c2C#N)CC1. The van der Waals surface area contributed by atoms with Crippen molar-refractivity contribution in [2.24, 2.45) is 11.8 Å². The van der Waals surface area contributed by atoms with Gasteiger partial charge in [0.2, 0.25) is 0 Å². The highest BCUT2D eigenvalue weighted by Crippen LogP contribution is 2.30. The van der Waals surface area contributed by atoms with Crippen LogP contribution in [-0.4, -0.2) is 6.04 Å². The van der Waals surface area contributed by atoms with E-state index < -0.39 is 5.82 Å². The second-order valence-electron chi connectivity index (χ2n) is 6.13. The van der Waals surface area contributed by atoms with Crippen molar-refractivity contribution in [3.63, 3.8) is 0 Å². The predicted molar refractivity (Wildman–Crippen MR) is 79.9 cm³/mol. The van der Waals surface area contributed by atoms with Crippen LogP contribution in [0.3, 0.4) is 0 Å². The summed E-state index contributed by atoms with van der Waals surface area (Å²) in [6, 6.07) is 7.11. The maximum absolute atomic E-state index is 13.6. The lowest BCUT2D eigenvalue weighted by Gasteiger charge is -2.20. The lowest BCUT2D eigenvalue weighted by molar-refractivity contribution is 0.341. The van der Waals surface area contributed by atoms with E-state index in [0.29, 0.717) is 11.7 Å². The van der Waals surface area contributed by atoms with E-state index in [1.807, 2.05) is 6.07 Å². The number of rotatable bonds is 3. The summed E-state index contributed by atoms with van der Waals surface area (Å²) in [4.78, 5) is 0. The summed E-state index contributed by atoms with van der Waals surface area (Å²) in [5.41, 5.74) is 0.776. The van der Waals surface area contributed by atoms with Crippen LogP contribution in [0.15, 0.2) is 18.2 Å². The highest BCUT2D eigenvalue weighted by atomic mass is 19.1. The van der Waals surface area contributed by atoms with E-state index in [1.54, 1.807) is 12.1 Å². The Kier molecular flexibility index (Phi) is 5.00. The van der Waals surface area contributed by atoms with Crippen molar-refractivity contribution in [3.05, 3.63) is 29.6 Å². The molecule has 108 valence electrons. The Labute approximate surface area is 121 Å². The first-order valence-electron chi connectivity index (χ1n) is 7.57. The highest BCUT2D eigenvalue weighted by molar-refractivity contribution is 5.58. The van der Waals surface area contributed by atoms with E-state index in [2.05, 4.69) is 19.2 Å². The minimum atomic E-state index is -0.439. The number of nitrogens with zero attached hydrogens (tertiary/aromatic N) is 1. The van der Waals surface area contributed by atoms with Gasteiger partial charge in [0, 0.05) is 6.04 Å². The first-order valence-corrected chi connectivity index (χ1v) is 7.57. The van der Waals surface area contributed by atoms with Crippen molar-refractivity contribution >= 4 is 5.69 Å². The molecular formula is C17H23FN2. The molecule has 0 aliphatic heterocycles. The summed E-state index contributed by atoms with van der Waals surface area (Å²) in [5, 5.41) is 12.4. The maximum atomic E-state index is 13.6. The molecule has 1 aliphatic rings. The van der Waals surface area contributed by atoms with Gasteiger partial charge >= 0.3 is 0 Å². The van der Waals surface area contributed by atoms with Crippen LogP contribution in [0.2, 0.25) is 0 Å². The number of hydrogen-bond donors (Lipinski definition) is 1. The topological polar surface area (TPSA) is 35.8 Å². The zero-order valence-corrected chi connectivity index (χ0v) is 12.3. The van der Waals surface area contributed by atoms with E-state index in [9.17, 15) is 4.39 Å². The molecule has 0 radical (unpaired) electrons. The van der Waals surface area contributed by atoms with Gasteiger partial charge < -0.3 is 5.32 Å². The van der Waals surface area contributed by atoms with Gasteiger partial charge in [0.05, 0.1) is 5.69 Å². The fourth-order valence-electron chi connectivity index (χ4n) is 3.12. The van der Waals surface area contributed by atoms with Gasteiger partial charge in [-0.25, -0.2) is 4.39 Å². The highest BCUT2D eigenvalue weighted by Gasteiger charge is 2.21. The number of hydrogen-bond acceptors (Lipinski definition) is 2. The standard InChI is InChI=1S/C17H23FN2/c1-12(2)13-5-3-6-14(10-9-13)20-17-8-4-7-16(18)15(17)11-19/h4,7-8,12-14,20H,3,5-6,9-10H2,1-2H3. The molecule has 20 heavy (non-hydrogen) atoms. The average Bonchev–Trinajstić information content (AvgIpc) is 2.65. The molecule has 0 spiro atoms. The van der Waals surface area contributed by atoms with Crippen molar-refractivity contribution in [1.82, 2.24) is 0 Å². The van der Waals surface area contributed by atoms with Gasteiger partial charge in [-0.1, -0.05) is 32.8 Å². The molecule has 0 bridgehead atoms. The molecular weight excluding hydrogens is 251 g/mol. The fourth-order valence-corrected chi connectivity index (χ4v) is 3.12. The van der Waals surface area contributed by atoms with Crippen LogP contribution in [0.25, 0.3) is 0 Å². The number of halogens is 1. The molecule has 0 saturated heterocycles. The quantitative estimate of drug-likeness (QED) is 0.810. The van der Waals surface area contributed by atoms with Gasteiger partial charge in [0.25, 0.3) is 0 Å². The Morgan fingerprint density at radius 3 is 2.75 bits per heavy atom. The Bertz CT molecular complexity index is 490. The normalized spacial score (nSPS) is 23.1. The van der Waals surface area contributed by atoms with Crippen molar-refractivity contribution in [3.8, 4) is 6.07 Å². The molecule has 0 heterocycles. The molecule has 1 aliphatic carbocycles. The van der Waals surface area contributed by atoms with Crippen LogP contribution in [0, 0.1) is 29.0 Å². The number of benzene rings is 1. The second kappa shape index (κ2) is 6.74. The smallest absolute Gasteiger partial charge is 0.143 e. The summed E-state index contributed by atoms with van der Waals surface area (Å²) >= 11 is 0. The minimum absolute atomic E-state index is 0.136. The maximum Gasteiger partial charge on any atom is 0.143 e. The molecule has 2 nitrogen and oxygen atoms in total. The van der Waals surface area contributed by atoms with E-state index >= 15 is 0 Å². The predicted octanol–water partition coefficient (Wildman–Crippen LogP) is 4.71. The molecule has 1 saturated carbocycles. The molecule has 2 atom stereocenters. The Morgan fingerprint density at radius 2 is 2.05 bits per heavy atom. The number of nitriles is 1. The number of anilines is 1. The third kappa shape index (κ3) is 3.50. The lowest BCUT2D eigenvalue weighted by atomic mass is 9.89. The molecule has 0 aromatic heterocycles. The number of nitrogens with one attached hydrogen (secondary N) is 1. The van der Waals surface area contributed by atoms with Crippen LogP contribution in [0.1, 0.15) is 51.5 Å². The molecule has 2 rings (SSSR count). The molecule has 1 N–H and O–H groups in total. The van der Waals surface area contributed by atoms with Crippen molar-refractivity contribution in [2.75, 3.05) is 5.32 Å². The summed E-state index contributed by atoms with van der Waals surface area (Å²) in [7, 11) is 0. The van der Waals surface area contributed by atoms with Crippen LogP contribution >= 0.6 is 0 Å². The summed E-state index contributed by atoms with van der Waals surface area (Å²) < 4.78 is 13.6. The van der Waals surface area contributed by atoms with Gasteiger partial charge in [0.1, 0.15) is 17.4 Å². The van der Waals surface area contributed by atoms with Gasteiger partial charge in [0.15, 0.2) is 0 Å².